The quantitative estimate of drug-likeness (QED) is 0.860. The molecular formula is C17H18N2O2. The number of methoxy groups -OCH3 is 1. The van der Waals surface area contributed by atoms with E-state index in [-0.39, 0.29) is 5.78 Å². The number of fused-ring (bicyclic) bond motifs is 1. The number of allylic oxidation sites excluding steroid dienone is 1. The van der Waals surface area contributed by atoms with Crippen LogP contribution in [0.15, 0.2) is 23.8 Å². The van der Waals surface area contributed by atoms with E-state index in [2.05, 4.69) is 10.2 Å². The number of benzene rings is 1. The third-order valence-corrected chi connectivity index (χ3v) is 4.02. The van der Waals surface area contributed by atoms with Crippen molar-refractivity contribution in [2.75, 3.05) is 7.11 Å². The van der Waals surface area contributed by atoms with Crippen LogP contribution in [0, 0.1) is 13.8 Å². The van der Waals surface area contributed by atoms with Crippen LogP contribution in [-0.4, -0.2) is 23.1 Å². The molecule has 1 aliphatic carbocycles. The lowest BCUT2D eigenvalue weighted by molar-refractivity contribution is 0.102. The molecule has 2 aromatic rings. The largest absolute Gasteiger partial charge is 0.497 e. The Labute approximate surface area is 123 Å². The lowest BCUT2D eigenvalue weighted by Crippen LogP contribution is -2.14. The summed E-state index contributed by atoms with van der Waals surface area (Å²) >= 11 is 0. The van der Waals surface area contributed by atoms with Gasteiger partial charge in [-0.05, 0) is 56.5 Å². The van der Waals surface area contributed by atoms with Crippen molar-refractivity contribution in [3.05, 3.63) is 51.9 Å². The normalized spacial score (nSPS) is 16.1. The molecular weight excluding hydrogens is 264 g/mol. The SMILES string of the molecule is COc1ccc2c(c1)CC/C(=C\c1c(C)n[nH]c1C)C2=O. The summed E-state index contributed by atoms with van der Waals surface area (Å²) in [7, 11) is 1.64. The third-order valence-electron chi connectivity index (χ3n) is 4.02. The van der Waals surface area contributed by atoms with Crippen molar-refractivity contribution in [3.8, 4) is 5.75 Å². The van der Waals surface area contributed by atoms with Gasteiger partial charge in [-0.1, -0.05) is 0 Å². The zero-order valence-electron chi connectivity index (χ0n) is 12.5. The van der Waals surface area contributed by atoms with Crippen LogP contribution in [0.4, 0.5) is 0 Å². The van der Waals surface area contributed by atoms with Crippen LogP contribution in [0.2, 0.25) is 0 Å². The molecule has 0 atom stereocenters. The number of carbonyl (C=O) groups is 1. The van der Waals surface area contributed by atoms with Crippen molar-refractivity contribution >= 4 is 11.9 Å². The minimum atomic E-state index is 0.110. The van der Waals surface area contributed by atoms with Crippen LogP contribution in [0.1, 0.15) is 39.3 Å². The lowest BCUT2D eigenvalue weighted by atomic mass is 9.85. The molecule has 4 heteroatoms. The summed E-state index contributed by atoms with van der Waals surface area (Å²) in [5.74, 6) is 0.911. The van der Waals surface area contributed by atoms with Gasteiger partial charge in [0.1, 0.15) is 5.75 Å². The van der Waals surface area contributed by atoms with E-state index < -0.39 is 0 Å². The number of rotatable bonds is 2. The number of nitrogens with one attached hydrogen (secondary N) is 1. The second-order valence-corrected chi connectivity index (χ2v) is 5.37. The Kier molecular flexibility index (Phi) is 3.37. The van der Waals surface area contributed by atoms with E-state index in [1.807, 2.05) is 38.1 Å². The smallest absolute Gasteiger partial charge is 0.189 e. The standard InChI is InChI=1S/C17H18N2O2/c1-10-16(11(2)19-18-10)9-13-5-4-12-8-14(21-3)6-7-15(12)17(13)20/h6-9H,4-5H2,1-3H3,(H,18,19)/b13-9+. The van der Waals surface area contributed by atoms with Crippen molar-refractivity contribution in [3.63, 3.8) is 0 Å². The number of aromatic nitrogens is 2. The van der Waals surface area contributed by atoms with Crippen molar-refractivity contribution in [1.82, 2.24) is 10.2 Å². The van der Waals surface area contributed by atoms with Crippen molar-refractivity contribution in [2.45, 2.75) is 26.7 Å². The highest BCUT2D eigenvalue weighted by molar-refractivity contribution is 6.13. The molecule has 0 spiro atoms. The predicted octanol–water partition coefficient (Wildman–Crippen LogP) is 3.25. The first-order valence-electron chi connectivity index (χ1n) is 7.04. The number of carbonyl (C=O) groups excluding carboxylic acids is 1. The Hall–Kier alpha value is -2.36. The number of ketones is 1. The fourth-order valence-corrected chi connectivity index (χ4v) is 2.77. The van der Waals surface area contributed by atoms with Gasteiger partial charge in [0.05, 0.1) is 12.8 Å². The van der Waals surface area contributed by atoms with E-state index in [0.29, 0.717) is 0 Å². The van der Waals surface area contributed by atoms with Gasteiger partial charge >= 0.3 is 0 Å². The molecule has 1 heterocycles. The van der Waals surface area contributed by atoms with E-state index in [1.165, 1.54) is 0 Å². The molecule has 21 heavy (non-hydrogen) atoms. The highest BCUT2D eigenvalue weighted by Gasteiger charge is 2.22. The first kappa shape index (κ1) is 13.6. The Balaban J connectivity index is 1.99. The highest BCUT2D eigenvalue weighted by atomic mass is 16.5. The summed E-state index contributed by atoms with van der Waals surface area (Å²) in [5, 5.41) is 7.13. The molecule has 0 unspecified atom stereocenters. The molecule has 3 rings (SSSR count). The molecule has 1 aromatic carbocycles. The topological polar surface area (TPSA) is 55.0 Å². The molecule has 1 aromatic heterocycles. The zero-order valence-corrected chi connectivity index (χ0v) is 12.5. The maximum absolute atomic E-state index is 12.6. The van der Waals surface area contributed by atoms with Gasteiger partial charge in [-0.2, -0.15) is 5.10 Å². The molecule has 0 saturated heterocycles. The summed E-state index contributed by atoms with van der Waals surface area (Å²) in [4.78, 5) is 12.6. The number of aromatic amines is 1. The molecule has 1 aliphatic rings. The average molecular weight is 282 g/mol. The molecule has 0 saturated carbocycles. The number of Topliss-reactive ketones (excluding diaryl/α,β-unsaturated/α-hetero) is 1. The molecule has 0 aliphatic heterocycles. The monoisotopic (exact) mass is 282 g/mol. The van der Waals surface area contributed by atoms with E-state index in [4.69, 9.17) is 4.74 Å². The van der Waals surface area contributed by atoms with Crippen molar-refractivity contribution in [1.29, 1.82) is 0 Å². The Morgan fingerprint density at radius 3 is 2.76 bits per heavy atom. The van der Waals surface area contributed by atoms with E-state index >= 15 is 0 Å². The highest BCUT2D eigenvalue weighted by Crippen LogP contribution is 2.30. The van der Waals surface area contributed by atoms with Crippen LogP contribution in [0.25, 0.3) is 6.08 Å². The molecule has 0 amide bonds. The van der Waals surface area contributed by atoms with Crippen LogP contribution in [-0.2, 0) is 6.42 Å². The Bertz CT molecular complexity index is 722. The number of aryl methyl sites for hydroxylation is 3. The minimum absolute atomic E-state index is 0.110. The van der Waals surface area contributed by atoms with Crippen molar-refractivity contribution < 1.29 is 9.53 Å². The van der Waals surface area contributed by atoms with E-state index in [9.17, 15) is 4.79 Å². The average Bonchev–Trinajstić information content (AvgIpc) is 2.81. The van der Waals surface area contributed by atoms with E-state index in [0.717, 1.165) is 52.2 Å². The number of ether oxygens (including phenoxy) is 1. The molecule has 1 N–H and O–H groups in total. The van der Waals surface area contributed by atoms with Gasteiger partial charge in [-0.3, -0.25) is 9.89 Å². The number of hydrogen-bond acceptors (Lipinski definition) is 3. The molecule has 0 fully saturated rings. The first-order valence-corrected chi connectivity index (χ1v) is 7.04. The maximum atomic E-state index is 12.6. The fourth-order valence-electron chi connectivity index (χ4n) is 2.77. The zero-order chi connectivity index (χ0) is 15.0. The maximum Gasteiger partial charge on any atom is 0.189 e. The van der Waals surface area contributed by atoms with Gasteiger partial charge < -0.3 is 4.74 Å². The number of H-pyrrole nitrogens is 1. The summed E-state index contributed by atoms with van der Waals surface area (Å²) in [5.41, 5.74) is 5.64. The van der Waals surface area contributed by atoms with Gasteiger partial charge in [0, 0.05) is 22.4 Å². The Morgan fingerprint density at radius 2 is 2.10 bits per heavy atom. The van der Waals surface area contributed by atoms with Crippen LogP contribution < -0.4 is 4.74 Å². The summed E-state index contributed by atoms with van der Waals surface area (Å²) in [6.07, 6.45) is 3.59. The van der Waals surface area contributed by atoms with Gasteiger partial charge in [-0.15, -0.1) is 0 Å². The molecule has 4 nitrogen and oxygen atoms in total. The lowest BCUT2D eigenvalue weighted by Gasteiger charge is -2.18. The van der Waals surface area contributed by atoms with E-state index in [1.54, 1.807) is 7.11 Å². The molecule has 108 valence electrons. The van der Waals surface area contributed by atoms with Crippen LogP contribution in [0.5, 0.6) is 5.75 Å². The van der Waals surface area contributed by atoms with Gasteiger partial charge in [0.2, 0.25) is 0 Å². The van der Waals surface area contributed by atoms with Gasteiger partial charge in [0.25, 0.3) is 0 Å². The molecule has 0 bridgehead atoms. The Morgan fingerprint density at radius 1 is 1.29 bits per heavy atom. The first-order chi connectivity index (χ1) is 10.1. The summed E-state index contributed by atoms with van der Waals surface area (Å²) in [6.45, 7) is 3.92. The van der Waals surface area contributed by atoms with Crippen LogP contribution >= 0.6 is 0 Å². The summed E-state index contributed by atoms with van der Waals surface area (Å²) < 4.78 is 5.22. The molecule has 0 radical (unpaired) electrons. The van der Waals surface area contributed by atoms with Gasteiger partial charge in [0.15, 0.2) is 5.78 Å². The second kappa shape index (κ2) is 5.20. The summed E-state index contributed by atoms with van der Waals surface area (Å²) in [6, 6.07) is 5.66. The number of hydrogen-bond donors (Lipinski definition) is 1. The minimum Gasteiger partial charge on any atom is -0.497 e. The predicted molar refractivity (Wildman–Crippen MR) is 81.7 cm³/mol. The van der Waals surface area contributed by atoms with Crippen molar-refractivity contribution in [2.24, 2.45) is 0 Å². The third kappa shape index (κ3) is 2.37. The number of nitrogens with zero attached hydrogens (tertiary/aromatic N) is 1. The fraction of sp³-hybridized carbons (Fsp3) is 0.294. The van der Waals surface area contributed by atoms with Crippen LogP contribution in [0.3, 0.4) is 0 Å². The van der Waals surface area contributed by atoms with Gasteiger partial charge in [-0.25, -0.2) is 0 Å². The second-order valence-electron chi connectivity index (χ2n) is 5.37.